The predicted octanol–water partition coefficient (Wildman–Crippen LogP) is -1.07. The molecule has 0 spiro atoms. The summed E-state index contributed by atoms with van der Waals surface area (Å²) in [6, 6.07) is -0.776. The third-order valence-electron chi connectivity index (χ3n) is 5.93. The van der Waals surface area contributed by atoms with Gasteiger partial charge in [-0.05, 0) is 32.5 Å². The van der Waals surface area contributed by atoms with Crippen LogP contribution in [0.2, 0.25) is 0 Å². The molecule has 2 fully saturated rings. The number of ether oxygens (including phenoxy) is 5. The van der Waals surface area contributed by atoms with Crippen molar-refractivity contribution in [1.82, 2.24) is 20.9 Å². The molecule has 0 aromatic rings. The van der Waals surface area contributed by atoms with Gasteiger partial charge in [-0.2, -0.15) is 0 Å². The topological polar surface area (TPSA) is 154 Å². The number of carbonyl (C=O) groups excluding carboxylic acids is 4. The number of carbonyl (C=O) groups is 4. The van der Waals surface area contributed by atoms with E-state index in [1.54, 1.807) is 0 Å². The summed E-state index contributed by atoms with van der Waals surface area (Å²) in [5.41, 5.74) is 0. The zero-order valence-electron chi connectivity index (χ0n) is 22.3. The lowest BCUT2D eigenvalue weighted by atomic mass is 9.94. The quantitative estimate of drug-likeness (QED) is 0.282. The maximum absolute atomic E-state index is 12.2. The molecule has 0 saturated carbocycles. The average Bonchev–Trinajstić information content (AvgIpc) is 2.80. The van der Waals surface area contributed by atoms with Crippen LogP contribution in [0.15, 0.2) is 0 Å². The molecule has 2 aliphatic heterocycles. The summed E-state index contributed by atoms with van der Waals surface area (Å²) >= 11 is 0. The van der Waals surface area contributed by atoms with Crippen LogP contribution in [0.5, 0.6) is 0 Å². The van der Waals surface area contributed by atoms with Crippen molar-refractivity contribution < 1.29 is 42.9 Å². The third-order valence-corrected chi connectivity index (χ3v) is 5.93. The van der Waals surface area contributed by atoms with Crippen LogP contribution in [0.25, 0.3) is 0 Å². The van der Waals surface area contributed by atoms with Crippen molar-refractivity contribution in [3.8, 4) is 0 Å². The van der Waals surface area contributed by atoms with Crippen LogP contribution < -0.4 is 16.0 Å². The standard InChI is InChI=1S/C24H42N4O9/c1-16(29)33-15-20-22(34-17(2)30)23(35-18(3)31)21(24(37-20)36-19(4)32)28-13-6-9-26-11-10-25-7-5-8-27-12-14-28/h20-27H,5-15H2,1-4H3/t20-,21?,22-,23-,24-/m1/s1. The van der Waals surface area contributed by atoms with Gasteiger partial charge in [0.15, 0.2) is 12.2 Å². The van der Waals surface area contributed by atoms with E-state index in [1.807, 2.05) is 4.90 Å². The molecule has 0 radical (unpaired) electrons. The van der Waals surface area contributed by atoms with Gasteiger partial charge in [0, 0.05) is 60.4 Å². The summed E-state index contributed by atoms with van der Waals surface area (Å²) in [4.78, 5) is 49.8. The van der Waals surface area contributed by atoms with Crippen molar-refractivity contribution in [2.45, 2.75) is 71.2 Å². The van der Waals surface area contributed by atoms with Crippen molar-refractivity contribution in [1.29, 1.82) is 0 Å². The molecule has 2 aliphatic rings. The van der Waals surface area contributed by atoms with Crippen molar-refractivity contribution in [3.05, 3.63) is 0 Å². The Hall–Kier alpha value is -2.32. The molecule has 2 heterocycles. The Morgan fingerprint density at radius 1 is 0.703 bits per heavy atom. The van der Waals surface area contributed by atoms with Gasteiger partial charge in [-0.15, -0.1) is 0 Å². The van der Waals surface area contributed by atoms with Crippen molar-refractivity contribution in [3.63, 3.8) is 0 Å². The molecule has 1 unspecified atom stereocenters. The molecular formula is C24H42N4O9. The molecule has 2 rings (SSSR count). The first-order chi connectivity index (χ1) is 17.7. The second-order valence-corrected chi connectivity index (χ2v) is 9.09. The van der Waals surface area contributed by atoms with E-state index in [1.165, 1.54) is 27.7 Å². The molecule has 13 nitrogen and oxygen atoms in total. The normalized spacial score (nSPS) is 28.8. The fraction of sp³-hybridized carbons (Fsp3) is 0.833. The summed E-state index contributed by atoms with van der Waals surface area (Å²) in [7, 11) is 0. The number of hydrogen-bond donors (Lipinski definition) is 3. The molecule has 2 saturated heterocycles. The number of hydrogen-bond acceptors (Lipinski definition) is 13. The molecule has 0 bridgehead atoms. The van der Waals surface area contributed by atoms with E-state index in [9.17, 15) is 19.2 Å². The van der Waals surface area contributed by atoms with E-state index in [-0.39, 0.29) is 6.61 Å². The maximum atomic E-state index is 12.2. The minimum absolute atomic E-state index is 0.283. The van der Waals surface area contributed by atoms with Crippen LogP contribution >= 0.6 is 0 Å². The molecule has 0 aromatic carbocycles. The molecule has 37 heavy (non-hydrogen) atoms. The second kappa shape index (κ2) is 16.5. The zero-order chi connectivity index (χ0) is 27.2. The molecule has 0 aromatic heterocycles. The first-order valence-corrected chi connectivity index (χ1v) is 12.9. The van der Waals surface area contributed by atoms with E-state index in [0.717, 1.165) is 45.6 Å². The van der Waals surface area contributed by atoms with Crippen molar-refractivity contribution >= 4 is 23.9 Å². The van der Waals surface area contributed by atoms with Gasteiger partial charge in [0.05, 0.1) is 0 Å². The predicted molar refractivity (Wildman–Crippen MR) is 131 cm³/mol. The van der Waals surface area contributed by atoms with E-state index < -0.39 is 54.5 Å². The monoisotopic (exact) mass is 530 g/mol. The van der Waals surface area contributed by atoms with E-state index >= 15 is 0 Å². The SMILES string of the molecule is CC(=O)OC[C@H]1O[C@@H](OC(C)=O)C(N2CCCNCCNCCCNCC2)[C@@H](OC(C)=O)[C@@H]1OC(C)=O. The van der Waals surface area contributed by atoms with Crippen LogP contribution in [0.1, 0.15) is 40.5 Å². The molecule has 0 amide bonds. The van der Waals surface area contributed by atoms with Crippen LogP contribution in [-0.2, 0) is 42.9 Å². The van der Waals surface area contributed by atoms with Crippen LogP contribution in [0.4, 0.5) is 0 Å². The van der Waals surface area contributed by atoms with Gasteiger partial charge in [-0.1, -0.05) is 0 Å². The Morgan fingerprint density at radius 2 is 1.27 bits per heavy atom. The molecule has 212 valence electrons. The summed E-state index contributed by atoms with van der Waals surface area (Å²) in [5, 5.41) is 10.2. The maximum Gasteiger partial charge on any atom is 0.304 e. The molecule has 13 heteroatoms. The van der Waals surface area contributed by atoms with Gasteiger partial charge in [-0.25, -0.2) is 0 Å². The molecule has 0 aliphatic carbocycles. The average molecular weight is 531 g/mol. The number of rotatable bonds is 6. The number of esters is 4. The highest BCUT2D eigenvalue weighted by Gasteiger charge is 2.53. The highest BCUT2D eigenvalue weighted by molar-refractivity contribution is 5.68. The van der Waals surface area contributed by atoms with E-state index in [0.29, 0.717) is 19.6 Å². The minimum atomic E-state index is -1.16. The summed E-state index contributed by atoms with van der Waals surface area (Å²) < 4.78 is 28.0. The minimum Gasteiger partial charge on any atom is -0.463 e. The lowest BCUT2D eigenvalue weighted by Crippen LogP contribution is -2.67. The summed E-state index contributed by atoms with van der Waals surface area (Å²) in [6.45, 7) is 10.6. The van der Waals surface area contributed by atoms with Crippen molar-refractivity contribution in [2.24, 2.45) is 0 Å². The highest BCUT2D eigenvalue weighted by atomic mass is 16.7. The molecule has 5 atom stereocenters. The Morgan fingerprint density at radius 3 is 1.86 bits per heavy atom. The van der Waals surface area contributed by atoms with E-state index in [2.05, 4.69) is 16.0 Å². The Labute approximate surface area is 218 Å². The number of nitrogens with one attached hydrogen (secondary N) is 3. The van der Waals surface area contributed by atoms with Gasteiger partial charge in [0.2, 0.25) is 6.29 Å². The lowest BCUT2D eigenvalue weighted by Gasteiger charge is -2.48. The summed E-state index contributed by atoms with van der Waals surface area (Å²) in [5.74, 6) is -2.38. The molecular weight excluding hydrogens is 488 g/mol. The van der Waals surface area contributed by atoms with Crippen LogP contribution in [0, 0.1) is 0 Å². The Bertz CT molecular complexity index is 740. The largest absolute Gasteiger partial charge is 0.463 e. The fourth-order valence-corrected chi connectivity index (χ4v) is 4.46. The Balaban J connectivity index is 2.40. The Kier molecular flexibility index (Phi) is 13.8. The van der Waals surface area contributed by atoms with Gasteiger partial charge in [-0.3, -0.25) is 24.1 Å². The first kappa shape index (κ1) is 30.9. The zero-order valence-corrected chi connectivity index (χ0v) is 22.3. The fourth-order valence-electron chi connectivity index (χ4n) is 4.46. The van der Waals surface area contributed by atoms with Gasteiger partial charge in [0.1, 0.15) is 18.8 Å². The smallest absolute Gasteiger partial charge is 0.304 e. The lowest BCUT2D eigenvalue weighted by molar-refractivity contribution is -0.285. The second-order valence-electron chi connectivity index (χ2n) is 9.09. The van der Waals surface area contributed by atoms with Crippen molar-refractivity contribution in [2.75, 3.05) is 59.0 Å². The van der Waals surface area contributed by atoms with Gasteiger partial charge < -0.3 is 39.6 Å². The highest BCUT2D eigenvalue weighted by Crippen LogP contribution is 2.31. The van der Waals surface area contributed by atoms with E-state index in [4.69, 9.17) is 23.7 Å². The number of nitrogens with zero attached hydrogens (tertiary/aromatic N) is 1. The third kappa shape index (κ3) is 11.3. The molecule has 3 N–H and O–H groups in total. The first-order valence-electron chi connectivity index (χ1n) is 12.9. The van der Waals surface area contributed by atoms with Gasteiger partial charge >= 0.3 is 23.9 Å². The van der Waals surface area contributed by atoms with Gasteiger partial charge in [0.25, 0.3) is 0 Å². The van der Waals surface area contributed by atoms with Crippen LogP contribution in [0.3, 0.4) is 0 Å². The van der Waals surface area contributed by atoms with Crippen LogP contribution in [-0.4, -0.2) is 118 Å². The summed E-state index contributed by atoms with van der Waals surface area (Å²) in [6.07, 6.45) is -2.61.